The van der Waals surface area contributed by atoms with Crippen LogP contribution in [-0.4, -0.2) is 42.6 Å². The number of nitrogens with one attached hydrogen (secondary N) is 1. The van der Waals surface area contributed by atoms with Gasteiger partial charge in [0.1, 0.15) is 0 Å². The summed E-state index contributed by atoms with van der Waals surface area (Å²) in [6, 6.07) is 15.2. The molecular weight excluding hydrogens is 350 g/mol. The van der Waals surface area contributed by atoms with Gasteiger partial charge in [0, 0.05) is 25.3 Å². The van der Waals surface area contributed by atoms with Crippen LogP contribution in [0.25, 0.3) is 0 Å². The molecule has 0 radical (unpaired) electrons. The van der Waals surface area contributed by atoms with Gasteiger partial charge in [-0.15, -0.1) is 0 Å². The third kappa shape index (κ3) is 4.12. The van der Waals surface area contributed by atoms with Gasteiger partial charge < -0.3 is 5.32 Å². The molecule has 6 nitrogen and oxygen atoms in total. The van der Waals surface area contributed by atoms with E-state index in [1.54, 1.807) is 0 Å². The molecule has 0 spiro atoms. The van der Waals surface area contributed by atoms with Crippen LogP contribution >= 0.6 is 0 Å². The number of hydrogen-bond acceptors (Lipinski definition) is 3. The van der Waals surface area contributed by atoms with Crippen molar-refractivity contribution in [2.45, 2.75) is 20.4 Å². The maximum atomic E-state index is 12.7. The summed E-state index contributed by atoms with van der Waals surface area (Å²) in [5.41, 5.74) is 3.70. The molecule has 2 aromatic carbocycles. The number of anilines is 1. The second kappa shape index (κ2) is 7.57. The number of rotatable bonds is 5. The molecule has 0 aromatic heterocycles. The fourth-order valence-corrected chi connectivity index (χ4v) is 4.57. The molecule has 2 aromatic rings. The molecule has 26 heavy (non-hydrogen) atoms. The lowest BCUT2D eigenvalue weighted by molar-refractivity contribution is -0.116. The Bertz CT molecular complexity index is 898. The Morgan fingerprint density at radius 2 is 1.73 bits per heavy atom. The van der Waals surface area contributed by atoms with Crippen LogP contribution in [-0.2, 0) is 21.5 Å². The lowest BCUT2D eigenvalue weighted by atomic mass is 10.1. The van der Waals surface area contributed by atoms with Crippen LogP contribution in [0.3, 0.4) is 0 Å². The van der Waals surface area contributed by atoms with Gasteiger partial charge >= 0.3 is 0 Å². The average molecular weight is 373 g/mol. The summed E-state index contributed by atoms with van der Waals surface area (Å²) >= 11 is 0. The summed E-state index contributed by atoms with van der Waals surface area (Å²) in [5.74, 6) is -0.331. The zero-order valence-electron chi connectivity index (χ0n) is 15.0. The highest BCUT2D eigenvalue weighted by Gasteiger charge is 2.37. The normalized spacial score (nSPS) is 17.3. The van der Waals surface area contributed by atoms with Crippen molar-refractivity contribution in [1.82, 2.24) is 8.61 Å². The van der Waals surface area contributed by atoms with Crippen LogP contribution in [0.15, 0.2) is 48.5 Å². The van der Waals surface area contributed by atoms with Crippen molar-refractivity contribution in [3.63, 3.8) is 0 Å². The Balaban J connectivity index is 1.64. The fraction of sp³-hybridized carbons (Fsp3) is 0.316. The summed E-state index contributed by atoms with van der Waals surface area (Å²) in [6.45, 7) is 4.73. The molecule has 7 heteroatoms. The third-order valence-electron chi connectivity index (χ3n) is 4.43. The molecule has 1 amide bonds. The minimum Gasteiger partial charge on any atom is -0.325 e. The predicted molar refractivity (Wildman–Crippen MR) is 102 cm³/mol. The van der Waals surface area contributed by atoms with E-state index in [-0.39, 0.29) is 12.5 Å². The summed E-state index contributed by atoms with van der Waals surface area (Å²) in [7, 11) is -3.62. The van der Waals surface area contributed by atoms with Crippen LogP contribution < -0.4 is 5.32 Å². The molecule has 0 unspecified atom stereocenters. The molecule has 0 bridgehead atoms. The van der Waals surface area contributed by atoms with Crippen molar-refractivity contribution in [2.75, 3.05) is 25.0 Å². The maximum Gasteiger partial charge on any atom is 0.282 e. The Morgan fingerprint density at radius 3 is 2.42 bits per heavy atom. The maximum absolute atomic E-state index is 12.7. The highest BCUT2D eigenvalue weighted by atomic mass is 32.2. The number of benzene rings is 2. The summed E-state index contributed by atoms with van der Waals surface area (Å²) in [6.07, 6.45) is 0. The molecule has 1 N–H and O–H groups in total. The van der Waals surface area contributed by atoms with E-state index in [0.717, 1.165) is 16.7 Å². The summed E-state index contributed by atoms with van der Waals surface area (Å²) < 4.78 is 28.0. The van der Waals surface area contributed by atoms with Gasteiger partial charge in [-0.25, -0.2) is 0 Å². The number of amides is 1. The molecule has 1 heterocycles. The smallest absolute Gasteiger partial charge is 0.282 e. The largest absolute Gasteiger partial charge is 0.325 e. The second-order valence-corrected chi connectivity index (χ2v) is 8.46. The lowest BCUT2D eigenvalue weighted by Gasteiger charge is -2.18. The minimum absolute atomic E-state index is 0.180. The van der Waals surface area contributed by atoms with Crippen LogP contribution in [0.2, 0.25) is 0 Å². The van der Waals surface area contributed by atoms with Gasteiger partial charge in [0.15, 0.2) is 0 Å². The Labute approximate surface area is 154 Å². The van der Waals surface area contributed by atoms with Crippen molar-refractivity contribution in [3.05, 3.63) is 65.2 Å². The van der Waals surface area contributed by atoms with Crippen LogP contribution in [0.4, 0.5) is 5.69 Å². The molecule has 0 aliphatic carbocycles. The number of aryl methyl sites for hydroxylation is 2. The van der Waals surface area contributed by atoms with E-state index in [0.29, 0.717) is 25.3 Å². The first-order chi connectivity index (χ1) is 12.4. The highest BCUT2D eigenvalue weighted by molar-refractivity contribution is 7.87. The molecule has 3 rings (SSSR count). The van der Waals surface area contributed by atoms with Crippen molar-refractivity contribution in [2.24, 2.45) is 0 Å². The Morgan fingerprint density at radius 1 is 1.04 bits per heavy atom. The number of carbonyl (C=O) groups excluding carboxylic acids is 1. The first-order valence-corrected chi connectivity index (χ1v) is 9.92. The topological polar surface area (TPSA) is 69.7 Å². The van der Waals surface area contributed by atoms with Crippen LogP contribution in [0.1, 0.15) is 16.7 Å². The Hall–Kier alpha value is -2.22. The van der Waals surface area contributed by atoms with Gasteiger partial charge in [-0.1, -0.05) is 48.0 Å². The van der Waals surface area contributed by atoms with Crippen molar-refractivity contribution < 1.29 is 13.2 Å². The van der Waals surface area contributed by atoms with Crippen molar-refractivity contribution in [1.29, 1.82) is 0 Å². The lowest BCUT2D eigenvalue weighted by Crippen LogP contribution is -2.37. The van der Waals surface area contributed by atoms with E-state index in [2.05, 4.69) is 5.32 Å². The standard InChI is InChI=1S/C19H23N3O3S/c1-15-8-9-18(16(2)12-15)20-19(23)14-22-11-10-21(26(22,24)25)13-17-6-4-3-5-7-17/h3-9,12H,10-11,13-14H2,1-2H3,(H,20,23). The van der Waals surface area contributed by atoms with Gasteiger partial charge in [0.2, 0.25) is 5.91 Å². The molecular formula is C19H23N3O3S. The summed E-state index contributed by atoms with van der Waals surface area (Å²) in [5, 5.41) is 2.80. The molecule has 1 aliphatic heterocycles. The molecule has 0 saturated carbocycles. The number of hydrogen-bond donors (Lipinski definition) is 1. The monoisotopic (exact) mass is 373 g/mol. The van der Waals surface area contributed by atoms with Gasteiger partial charge in [-0.05, 0) is 31.0 Å². The van der Waals surface area contributed by atoms with Gasteiger partial charge in [-0.3, -0.25) is 4.79 Å². The SMILES string of the molecule is Cc1ccc(NC(=O)CN2CCN(Cc3ccccc3)S2(=O)=O)c(C)c1. The fourth-order valence-electron chi connectivity index (χ4n) is 3.03. The minimum atomic E-state index is -3.62. The first kappa shape index (κ1) is 18.6. The van der Waals surface area contributed by atoms with Crippen LogP contribution in [0, 0.1) is 13.8 Å². The molecule has 1 fully saturated rings. The molecule has 0 atom stereocenters. The zero-order chi connectivity index (χ0) is 18.7. The predicted octanol–water partition coefficient (Wildman–Crippen LogP) is 2.30. The summed E-state index contributed by atoms with van der Waals surface area (Å²) in [4.78, 5) is 12.3. The first-order valence-electron chi connectivity index (χ1n) is 8.52. The zero-order valence-corrected chi connectivity index (χ0v) is 15.8. The van der Waals surface area contributed by atoms with Gasteiger partial charge in [0.05, 0.1) is 6.54 Å². The third-order valence-corrected chi connectivity index (χ3v) is 6.36. The molecule has 1 aliphatic rings. The average Bonchev–Trinajstić information content (AvgIpc) is 2.86. The van der Waals surface area contributed by atoms with E-state index in [1.165, 1.54) is 8.61 Å². The van der Waals surface area contributed by atoms with E-state index in [1.807, 2.05) is 62.4 Å². The van der Waals surface area contributed by atoms with Gasteiger partial charge in [0.25, 0.3) is 10.2 Å². The van der Waals surface area contributed by atoms with Gasteiger partial charge in [-0.2, -0.15) is 17.0 Å². The van der Waals surface area contributed by atoms with E-state index >= 15 is 0 Å². The number of nitrogens with zero attached hydrogens (tertiary/aromatic N) is 2. The number of carbonyl (C=O) groups is 1. The van der Waals surface area contributed by atoms with E-state index in [9.17, 15) is 13.2 Å². The van der Waals surface area contributed by atoms with Crippen LogP contribution in [0.5, 0.6) is 0 Å². The van der Waals surface area contributed by atoms with Crippen molar-refractivity contribution in [3.8, 4) is 0 Å². The quantitative estimate of drug-likeness (QED) is 0.874. The molecule has 138 valence electrons. The van der Waals surface area contributed by atoms with E-state index in [4.69, 9.17) is 0 Å². The van der Waals surface area contributed by atoms with Crippen molar-refractivity contribution >= 4 is 21.8 Å². The molecule has 1 saturated heterocycles. The second-order valence-electron chi connectivity index (χ2n) is 6.53. The van der Waals surface area contributed by atoms with E-state index < -0.39 is 10.2 Å². The highest BCUT2D eigenvalue weighted by Crippen LogP contribution is 2.20. The Kier molecular flexibility index (Phi) is 5.41.